The van der Waals surface area contributed by atoms with Crippen LogP contribution in [0.1, 0.15) is 60.1 Å². The molecule has 0 bridgehead atoms. The molecular weight excluding hydrogens is 699 g/mol. The number of anilines is 1. The van der Waals surface area contributed by atoms with Crippen LogP contribution >= 0.6 is 0 Å². The summed E-state index contributed by atoms with van der Waals surface area (Å²) >= 11 is 0. The maximum atomic E-state index is 12.9. The molecule has 0 spiro atoms. The van der Waals surface area contributed by atoms with Gasteiger partial charge in [0.1, 0.15) is 11.5 Å². The van der Waals surface area contributed by atoms with Crippen molar-refractivity contribution in [3.63, 3.8) is 0 Å². The highest BCUT2D eigenvalue weighted by Gasteiger charge is 2.39. The van der Waals surface area contributed by atoms with Gasteiger partial charge in [0.15, 0.2) is 6.29 Å². The lowest BCUT2D eigenvalue weighted by Crippen LogP contribution is -2.44. The van der Waals surface area contributed by atoms with Crippen LogP contribution in [0.15, 0.2) is 158 Å². The van der Waals surface area contributed by atoms with Crippen molar-refractivity contribution in [2.75, 3.05) is 18.9 Å². The molecule has 6 aromatic carbocycles. The molecule has 6 aromatic rings. The fourth-order valence-corrected chi connectivity index (χ4v) is 7.11. The molecule has 56 heavy (non-hydrogen) atoms. The normalized spacial score (nSPS) is 18.6. The smallest absolute Gasteiger partial charge is 0.319 e. The van der Waals surface area contributed by atoms with Gasteiger partial charge in [0.2, 0.25) is 0 Å². The average molecular weight is 748 g/mol. The largest absolute Gasteiger partial charge is 0.457 e. The van der Waals surface area contributed by atoms with E-state index in [1.54, 1.807) is 0 Å². The van der Waals surface area contributed by atoms with Gasteiger partial charge in [-0.25, -0.2) is 4.79 Å². The first-order valence-electron chi connectivity index (χ1n) is 19.2. The number of rotatable bonds is 13. The van der Waals surface area contributed by atoms with Crippen molar-refractivity contribution >= 4 is 11.7 Å². The Morgan fingerprint density at radius 1 is 0.750 bits per heavy atom. The summed E-state index contributed by atoms with van der Waals surface area (Å²) in [4.78, 5) is 15.3. The second-order valence-electron chi connectivity index (χ2n) is 14.4. The molecule has 1 aliphatic rings. The van der Waals surface area contributed by atoms with Crippen LogP contribution in [-0.2, 0) is 22.6 Å². The molecule has 0 aliphatic carbocycles. The average Bonchev–Trinajstić information content (AvgIpc) is 3.25. The molecule has 5 atom stereocenters. The Kier molecular flexibility index (Phi) is 12.5. The molecule has 286 valence electrons. The summed E-state index contributed by atoms with van der Waals surface area (Å²) < 4.78 is 19.4. The number of aliphatic hydroxyl groups excluding tert-OH is 1. The highest BCUT2D eigenvalue weighted by atomic mass is 16.7. The van der Waals surface area contributed by atoms with E-state index in [-0.39, 0.29) is 36.8 Å². The predicted octanol–water partition coefficient (Wildman–Crippen LogP) is 10.4. The number of benzene rings is 6. The fourth-order valence-electron chi connectivity index (χ4n) is 7.11. The van der Waals surface area contributed by atoms with E-state index in [0.717, 1.165) is 45.7 Å². The summed E-state index contributed by atoms with van der Waals surface area (Å²) in [6, 6.07) is 51.7. The molecular formula is C48H49N3O5. The van der Waals surface area contributed by atoms with Gasteiger partial charge in [-0.1, -0.05) is 128 Å². The van der Waals surface area contributed by atoms with Crippen LogP contribution in [0.2, 0.25) is 0 Å². The van der Waals surface area contributed by atoms with Crippen molar-refractivity contribution in [3.8, 4) is 22.6 Å². The number of aliphatic hydroxyl groups is 1. The predicted molar refractivity (Wildman–Crippen MR) is 221 cm³/mol. The van der Waals surface area contributed by atoms with Gasteiger partial charge in [-0.15, -0.1) is 0 Å². The topological polar surface area (TPSA) is 92.3 Å². The minimum atomic E-state index is -0.576. The second-order valence-corrected chi connectivity index (χ2v) is 14.4. The van der Waals surface area contributed by atoms with Crippen LogP contribution in [0.4, 0.5) is 10.5 Å². The number of para-hydroxylation sites is 1. The van der Waals surface area contributed by atoms with E-state index in [1.165, 1.54) is 5.56 Å². The Bertz CT molecular complexity index is 2150. The Balaban J connectivity index is 1.03. The van der Waals surface area contributed by atoms with Gasteiger partial charge in [0.25, 0.3) is 0 Å². The number of nitrogens with one attached hydrogen (secondary N) is 2. The fraction of sp³-hybridized carbons (Fsp3) is 0.229. The van der Waals surface area contributed by atoms with E-state index < -0.39 is 6.29 Å². The maximum Gasteiger partial charge on any atom is 0.319 e. The lowest BCUT2D eigenvalue weighted by Gasteiger charge is -2.43. The number of carbonyl (C=O) groups excluding carboxylic acids is 1. The molecule has 5 unspecified atom stereocenters. The Hall–Kier alpha value is -5.77. The van der Waals surface area contributed by atoms with Crippen LogP contribution in [-0.4, -0.2) is 35.7 Å². The lowest BCUT2D eigenvalue weighted by molar-refractivity contribution is -0.276. The van der Waals surface area contributed by atoms with Gasteiger partial charge < -0.3 is 30.0 Å². The monoisotopic (exact) mass is 747 g/mol. The molecule has 0 saturated carbocycles. The SMILES string of the molecule is CC1C(CN(C)C(C)c2ccccc2)OC(c2ccc(-c3ccccc3CNC(=O)Nc3ccc(Oc4ccccc4)cc3)cc2)OC1c1ccc(CO)cc1. The zero-order valence-corrected chi connectivity index (χ0v) is 32.0. The first-order chi connectivity index (χ1) is 27.3. The summed E-state index contributed by atoms with van der Waals surface area (Å²) in [6.07, 6.45) is -0.886. The van der Waals surface area contributed by atoms with Crippen LogP contribution in [0.5, 0.6) is 11.5 Å². The van der Waals surface area contributed by atoms with E-state index in [4.69, 9.17) is 14.2 Å². The number of hydrogen-bond donors (Lipinski definition) is 3. The number of likely N-dealkylation sites (N-methyl/N-ethyl adjacent to an activating group) is 1. The van der Waals surface area contributed by atoms with Gasteiger partial charge in [-0.05, 0) is 83.8 Å². The molecule has 2 amide bonds. The third-order valence-corrected chi connectivity index (χ3v) is 10.6. The summed E-state index contributed by atoms with van der Waals surface area (Å²) in [6.45, 7) is 5.49. The first kappa shape index (κ1) is 38.5. The van der Waals surface area contributed by atoms with Crippen LogP contribution in [0.3, 0.4) is 0 Å². The molecule has 1 heterocycles. The number of amides is 2. The second kappa shape index (κ2) is 18.2. The van der Waals surface area contributed by atoms with Crippen LogP contribution in [0.25, 0.3) is 11.1 Å². The summed E-state index contributed by atoms with van der Waals surface area (Å²) in [7, 11) is 2.15. The van der Waals surface area contributed by atoms with Gasteiger partial charge in [0, 0.05) is 36.3 Å². The van der Waals surface area contributed by atoms with Crippen LogP contribution in [0, 0.1) is 5.92 Å². The van der Waals surface area contributed by atoms with E-state index in [9.17, 15) is 9.90 Å². The molecule has 3 N–H and O–H groups in total. The highest BCUT2D eigenvalue weighted by molar-refractivity contribution is 5.89. The van der Waals surface area contributed by atoms with Crippen molar-refractivity contribution in [1.82, 2.24) is 10.2 Å². The third-order valence-electron chi connectivity index (χ3n) is 10.6. The molecule has 1 aliphatic heterocycles. The van der Waals surface area contributed by atoms with Crippen molar-refractivity contribution < 1.29 is 24.1 Å². The van der Waals surface area contributed by atoms with Gasteiger partial charge in [0.05, 0.1) is 18.8 Å². The third kappa shape index (κ3) is 9.53. The zero-order valence-electron chi connectivity index (χ0n) is 32.0. The van der Waals surface area contributed by atoms with E-state index in [0.29, 0.717) is 18.0 Å². The zero-order chi connectivity index (χ0) is 38.9. The van der Waals surface area contributed by atoms with Crippen LogP contribution < -0.4 is 15.4 Å². The molecule has 1 fully saturated rings. The minimum Gasteiger partial charge on any atom is -0.457 e. The number of ether oxygens (including phenoxy) is 3. The van der Waals surface area contributed by atoms with Gasteiger partial charge >= 0.3 is 6.03 Å². The summed E-state index contributed by atoms with van der Waals surface area (Å²) in [5.41, 5.74) is 7.81. The van der Waals surface area contributed by atoms with Crippen molar-refractivity contribution in [1.29, 1.82) is 0 Å². The highest BCUT2D eigenvalue weighted by Crippen LogP contribution is 2.42. The van der Waals surface area contributed by atoms with E-state index >= 15 is 0 Å². The van der Waals surface area contributed by atoms with Crippen molar-refractivity contribution in [2.45, 2.75) is 51.5 Å². The molecule has 8 nitrogen and oxygen atoms in total. The Morgan fingerprint density at radius 3 is 2.07 bits per heavy atom. The molecule has 1 saturated heterocycles. The summed E-state index contributed by atoms with van der Waals surface area (Å²) in [5.74, 6) is 1.51. The van der Waals surface area contributed by atoms with Gasteiger partial charge in [-0.3, -0.25) is 4.90 Å². The molecule has 0 radical (unpaired) electrons. The Labute approximate surface area is 329 Å². The van der Waals surface area contributed by atoms with Gasteiger partial charge in [-0.2, -0.15) is 0 Å². The van der Waals surface area contributed by atoms with Crippen molar-refractivity contribution in [2.24, 2.45) is 5.92 Å². The van der Waals surface area contributed by atoms with E-state index in [1.807, 2.05) is 91.0 Å². The number of nitrogens with zero attached hydrogens (tertiary/aromatic N) is 1. The van der Waals surface area contributed by atoms with E-state index in [2.05, 4.69) is 103 Å². The standard InChI is InChI=1S/C48H49N3O5/c1-33-45(31-51(3)34(2)36-12-6-4-7-13-36)55-47(56-46(33)38-20-18-35(32-52)19-21-38)39-24-22-37(23-25-39)44-17-11-10-14-40(44)30-49-48(53)50-41-26-28-43(29-27-41)54-42-15-8-5-9-16-42/h4-29,33-34,45-47,52H,30-32H2,1-3H3,(H2,49,50,53). The first-order valence-corrected chi connectivity index (χ1v) is 19.2. The minimum absolute atomic E-state index is 0.00287. The molecule has 7 rings (SSSR count). The number of hydrogen-bond acceptors (Lipinski definition) is 6. The Morgan fingerprint density at radius 2 is 1.38 bits per heavy atom. The maximum absolute atomic E-state index is 12.9. The quantitative estimate of drug-likeness (QED) is 0.109. The number of carbonyl (C=O) groups is 1. The van der Waals surface area contributed by atoms with Crippen molar-refractivity contribution in [3.05, 3.63) is 186 Å². The molecule has 0 aromatic heterocycles. The summed E-state index contributed by atoms with van der Waals surface area (Å²) in [5, 5.41) is 15.6. The molecule has 8 heteroatoms. The number of urea groups is 1. The lowest BCUT2D eigenvalue weighted by atomic mass is 9.89.